The molecule has 0 amide bonds. The van der Waals surface area contributed by atoms with Crippen molar-refractivity contribution in [3.63, 3.8) is 0 Å². The first-order valence-electron chi connectivity index (χ1n) is 4.55. The van der Waals surface area contributed by atoms with Gasteiger partial charge in [-0.15, -0.1) is 0 Å². The number of hydrogen-bond donors (Lipinski definition) is 0. The molecule has 0 unspecified atom stereocenters. The molecule has 0 heterocycles. The molecule has 78 valence electrons. The third-order valence-electron chi connectivity index (χ3n) is 2.13. The second-order valence-electron chi connectivity index (χ2n) is 3.55. The fourth-order valence-corrected chi connectivity index (χ4v) is 1.88. The van der Waals surface area contributed by atoms with Gasteiger partial charge in [0, 0.05) is 5.02 Å². The Morgan fingerprint density at radius 3 is 2.50 bits per heavy atom. The average molecular weight is 233 g/mol. The summed E-state index contributed by atoms with van der Waals surface area (Å²) in [6.07, 6.45) is 0. The largest absolute Gasteiger partial charge is 0.478 e. The van der Waals surface area contributed by atoms with E-state index in [2.05, 4.69) is 13.8 Å². The van der Waals surface area contributed by atoms with Crippen LogP contribution < -0.4 is 4.74 Å². The average Bonchev–Trinajstić information content (AvgIpc) is 2.09. The van der Waals surface area contributed by atoms with Crippen LogP contribution in [0.15, 0.2) is 12.1 Å². The van der Waals surface area contributed by atoms with Crippen LogP contribution in [0.25, 0.3) is 0 Å². The van der Waals surface area contributed by atoms with Gasteiger partial charge in [0.15, 0.2) is 6.07 Å². The molecule has 0 saturated heterocycles. The number of benzene rings is 1. The van der Waals surface area contributed by atoms with Crippen LogP contribution in [0.2, 0.25) is 5.02 Å². The molecule has 0 aliphatic carbocycles. The Morgan fingerprint density at radius 1 is 1.36 bits per heavy atom. The van der Waals surface area contributed by atoms with Gasteiger partial charge in [-0.05, 0) is 36.1 Å². The number of rotatable bonds is 3. The van der Waals surface area contributed by atoms with Crippen molar-refractivity contribution < 1.29 is 4.74 Å². The second kappa shape index (κ2) is 4.90. The minimum absolute atomic E-state index is 0.167. The van der Waals surface area contributed by atoms with E-state index in [1.807, 2.05) is 19.1 Å². The molecule has 0 radical (unpaired) electrons. The van der Waals surface area contributed by atoms with Crippen molar-refractivity contribution in [1.82, 2.24) is 0 Å². The first-order chi connectivity index (χ1) is 6.56. The smallest absolute Gasteiger partial charge is 0.162 e. The molecule has 14 heavy (non-hydrogen) atoms. The molecule has 0 N–H and O–H groups in total. The molecule has 1 nitrogen and oxygen atoms in total. The van der Waals surface area contributed by atoms with E-state index in [1.54, 1.807) is 0 Å². The minimum Gasteiger partial charge on any atom is -0.478 e. The molecule has 0 atom stereocenters. The summed E-state index contributed by atoms with van der Waals surface area (Å²) in [5.41, 5.74) is 2.11. The van der Waals surface area contributed by atoms with Crippen molar-refractivity contribution in [3.8, 4) is 5.75 Å². The maximum atomic E-state index is 6.11. The van der Waals surface area contributed by atoms with E-state index in [1.165, 1.54) is 0 Å². The maximum absolute atomic E-state index is 6.11. The lowest BCUT2D eigenvalue weighted by Crippen LogP contribution is -1.96. The molecule has 3 heteroatoms. The van der Waals surface area contributed by atoms with E-state index in [-0.39, 0.29) is 6.07 Å². The molecule has 1 rings (SSSR count). The summed E-state index contributed by atoms with van der Waals surface area (Å²) in [5.74, 6) is 1.20. The highest BCUT2D eigenvalue weighted by Gasteiger charge is 2.09. The molecule has 1 aromatic rings. The first-order valence-corrected chi connectivity index (χ1v) is 5.46. The summed E-state index contributed by atoms with van der Waals surface area (Å²) < 4.78 is 5.29. The molecule has 1 aromatic carbocycles. The molecule has 0 saturated carbocycles. The highest BCUT2D eigenvalue weighted by Crippen LogP contribution is 2.31. The van der Waals surface area contributed by atoms with E-state index in [0.717, 1.165) is 21.9 Å². The Balaban J connectivity index is 3.13. The normalized spacial score (nSPS) is 10.7. The van der Waals surface area contributed by atoms with Crippen molar-refractivity contribution in [2.24, 2.45) is 0 Å². The number of hydrogen-bond acceptors (Lipinski definition) is 1. The summed E-state index contributed by atoms with van der Waals surface area (Å²) in [6.45, 7) is 6.15. The zero-order valence-corrected chi connectivity index (χ0v) is 10.1. The van der Waals surface area contributed by atoms with Crippen molar-refractivity contribution in [2.75, 3.05) is 6.07 Å². The zero-order chi connectivity index (χ0) is 10.7. The van der Waals surface area contributed by atoms with Crippen LogP contribution in [-0.4, -0.2) is 6.07 Å². The van der Waals surface area contributed by atoms with Crippen molar-refractivity contribution in [2.45, 2.75) is 26.7 Å². The molecular formula is C11H14Cl2O. The van der Waals surface area contributed by atoms with Crippen LogP contribution in [0.4, 0.5) is 0 Å². The molecule has 0 aromatic heterocycles. The van der Waals surface area contributed by atoms with Crippen LogP contribution in [0, 0.1) is 6.92 Å². The monoisotopic (exact) mass is 232 g/mol. The van der Waals surface area contributed by atoms with Crippen LogP contribution in [0.3, 0.4) is 0 Å². The molecule has 0 fully saturated rings. The highest BCUT2D eigenvalue weighted by molar-refractivity contribution is 6.31. The van der Waals surface area contributed by atoms with Gasteiger partial charge in [-0.25, -0.2) is 0 Å². The van der Waals surface area contributed by atoms with E-state index in [9.17, 15) is 0 Å². The summed E-state index contributed by atoms with van der Waals surface area (Å²) in [7, 11) is 0. The van der Waals surface area contributed by atoms with Crippen molar-refractivity contribution >= 4 is 23.2 Å². The maximum Gasteiger partial charge on any atom is 0.162 e. The van der Waals surface area contributed by atoms with Crippen LogP contribution >= 0.6 is 23.2 Å². The number of alkyl halides is 1. The zero-order valence-electron chi connectivity index (χ0n) is 8.60. The highest BCUT2D eigenvalue weighted by atomic mass is 35.5. The third-order valence-corrected chi connectivity index (χ3v) is 2.56. The van der Waals surface area contributed by atoms with Crippen LogP contribution in [-0.2, 0) is 0 Å². The van der Waals surface area contributed by atoms with Gasteiger partial charge in [0.25, 0.3) is 0 Å². The van der Waals surface area contributed by atoms with E-state index in [0.29, 0.717) is 5.92 Å². The van der Waals surface area contributed by atoms with Gasteiger partial charge < -0.3 is 4.74 Å². The van der Waals surface area contributed by atoms with Gasteiger partial charge in [0.05, 0.1) is 0 Å². The van der Waals surface area contributed by atoms with Gasteiger partial charge >= 0.3 is 0 Å². The molecule has 0 bridgehead atoms. The summed E-state index contributed by atoms with van der Waals surface area (Å²) in [5, 5.41) is 0.791. The molecule has 0 aliphatic rings. The lowest BCUT2D eigenvalue weighted by atomic mass is 10.0. The van der Waals surface area contributed by atoms with E-state index >= 15 is 0 Å². The van der Waals surface area contributed by atoms with E-state index in [4.69, 9.17) is 27.9 Å². The Bertz CT molecular complexity index is 321. The lowest BCUT2D eigenvalue weighted by Gasteiger charge is -2.13. The predicted octanol–water partition coefficient (Wildman–Crippen LogP) is 4.35. The topological polar surface area (TPSA) is 9.23 Å². The molecule has 0 aliphatic heterocycles. The quantitative estimate of drug-likeness (QED) is 0.705. The summed E-state index contributed by atoms with van der Waals surface area (Å²) in [6, 6.07) is 4.05. The fraction of sp³-hybridized carbons (Fsp3) is 0.455. The van der Waals surface area contributed by atoms with Gasteiger partial charge in [-0.3, -0.25) is 0 Å². The summed E-state index contributed by atoms with van der Waals surface area (Å²) >= 11 is 11.6. The number of ether oxygens (including phenoxy) is 1. The number of halogens is 2. The molecular weight excluding hydrogens is 219 g/mol. The Kier molecular flexibility index (Phi) is 4.09. The van der Waals surface area contributed by atoms with Crippen LogP contribution in [0.1, 0.15) is 30.9 Å². The second-order valence-corrected chi connectivity index (χ2v) is 4.17. The van der Waals surface area contributed by atoms with Crippen LogP contribution in [0.5, 0.6) is 5.75 Å². The van der Waals surface area contributed by atoms with Crippen molar-refractivity contribution in [3.05, 3.63) is 28.3 Å². The van der Waals surface area contributed by atoms with Crippen molar-refractivity contribution in [1.29, 1.82) is 0 Å². The van der Waals surface area contributed by atoms with Gasteiger partial charge in [-0.2, -0.15) is 0 Å². The minimum atomic E-state index is 0.167. The SMILES string of the molecule is Cc1cc(Cl)c(C(C)C)cc1OCCl. The predicted molar refractivity (Wildman–Crippen MR) is 61.6 cm³/mol. The first kappa shape index (κ1) is 11.7. The van der Waals surface area contributed by atoms with Gasteiger partial charge in [-0.1, -0.05) is 37.0 Å². The van der Waals surface area contributed by atoms with Gasteiger partial charge in [0.2, 0.25) is 0 Å². The Labute approximate surface area is 95.0 Å². The fourth-order valence-electron chi connectivity index (χ4n) is 1.33. The Morgan fingerprint density at radius 2 is 2.00 bits per heavy atom. The lowest BCUT2D eigenvalue weighted by molar-refractivity contribution is 0.384. The van der Waals surface area contributed by atoms with E-state index < -0.39 is 0 Å². The standard InChI is InChI=1S/C11H14Cl2O/c1-7(2)9-5-11(14-6-12)8(3)4-10(9)13/h4-5,7H,6H2,1-3H3. The Hall–Kier alpha value is -0.400. The van der Waals surface area contributed by atoms with Gasteiger partial charge in [0.1, 0.15) is 5.75 Å². The molecule has 0 spiro atoms. The third kappa shape index (κ3) is 2.55. The summed E-state index contributed by atoms with van der Waals surface area (Å²) in [4.78, 5) is 0. The number of aryl methyl sites for hydroxylation is 1.